The zero-order valence-corrected chi connectivity index (χ0v) is 12.6. The average Bonchev–Trinajstić information content (AvgIpc) is 2.47. The standard InChI is InChI=1S/C15H26N2O3/c1-3-20-15(19)12-6-9-17(10-7-12)14(18)13-5-4-8-16(2)11-13/h12-13H,3-11H2,1-2H3. The van der Waals surface area contributed by atoms with Crippen molar-refractivity contribution in [1.29, 1.82) is 0 Å². The van der Waals surface area contributed by atoms with Gasteiger partial charge in [-0.3, -0.25) is 9.59 Å². The van der Waals surface area contributed by atoms with Crippen molar-refractivity contribution in [2.24, 2.45) is 11.8 Å². The number of ether oxygens (including phenoxy) is 1. The van der Waals surface area contributed by atoms with Crippen LogP contribution in [0.15, 0.2) is 0 Å². The van der Waals surface area contributed by atoms with E-state index >= 15 is 0 Å². The van der Waals surface area contributed by atoms with Crippen molar-refractivity contribution in [2.45, 2.75) is 32.6 Å². The van der Waals surface area contributed by atoms with E-state index in [1.807, 2.05) is 11.8 Å². The Labute approximate surface area is 121 Å². The van der Waals surface area contributed by atoms with Crippen molar-refractivity contribution in [2.75, 3.05) is 39.8 Å². The molecule has 0 aromatic carbocycles. The molecule has 2 heterocycles. The van der Waals surface area contributed by atoms with Crippen molar-refractivity contribution in [3.63, 3.8) is 0 Å². The van der Waals surface area contributed by atoms with Gasteiger partial charge in [0.15, 0.2) is 0 Å². The van der Waals surface area contributed by atoms with Crippen molar-refractivity contribution in [3.05, 3.63) is 0 Å². The largest absolute Gasteiger partial charge is 0.466 e. The Hall–Kier alpha value is -1.10. The van der Waals surface area contributed by atoms with E-state index in [2.05, 4.69) is 11.9 Å². The van der Waals surface area contributed by atoms with Gasteiger partial charge in [-0.15, -0.1) is 0 Å². The maximum absolute atomic E-state index is 12.5. The molecule has 114 valence electrons. The summed E-state index contributed by atoms with van der Waals surface area (Å²) in [7, 11) is 2.08. The summed E-state index contributed by atoms with van der Waals surface area (Å²) in [5.74, 6) is 0.303. The lowest BCUT2D eigenvalue weighted by molar-refractivity contribution is -0.152. The van der Waals surface area contributed by atoms with Gasteiger partial charge >= 0.3 is 5.97 Å². The smallest absolute Gasteiger partial charge is 0.309 e. The van der Waals surface area contributed by atoms with Crippen molar-refractivity contribution >= 4 is 11.9 Å². The predicted octanol–water partition coefficient (Wildman–Crippen LogP) is 1.13. The Kier molecular flexibility index (Phi) is 5.40. The van der Waals surface area contributed by atoms with E-state index in [0.717, 1.165) is 38.8 Å². The third-order valence-corrected chi connectivity index (χ3v) is 4.40. The number of likely N-dealkylation sites (tertiary alicyclic amines) is 2. The van der Waals surface area contributed by atoms with Crippen molar-refractivity contribution in [1.82, 2.24) is 9.80 Å². The first kappa shape index (κ1) is 15.3. The summed E-state index contributed by atoms with van der Waals surface area (Å²) in [5, 5.41) is 0. The molecule has 2 aliphatic heterocycles. The summed E-state index contributed by atoms with van der Waals surface area (Å²) in [6, 6.07) is 0. The molecule has 0 aliphatic carbocycles. The van der Waals surface area contributed by atoms with E-state index in [9.17, 15) is 9.59 Å². The number of carbonyl (C=O) groups is 2. The number of hydrogen-bond acceptors (Lipinski definition) is 4. The minimum atomic E-state index is -0.100. The zero-order chi connectivity index (χ0) is 14.5. The van der Waals surface area contributed by atoms with Gasteiger partial charge in [-0.1, -0.05) is 0 Å². The van der Waals surface area contributed by atoms with Crippen LogP contribution in [-0.2, 0) is 14.3 Å². The van der Waals surface area contributed by atoms with Gasteiger partial charge in [-0.05, 0) is 46.2 Å². The Morgan fingerprint density at radius 2 is 1.80 bits per heavy atom. The Morgan fingerprint density at radius 3 is 2.40 bits per heavy atom. The summed E-state index contributed by atoms with van der Waals surface area (Å²) in [6.07, 6.45) is 3.59. The second kappa shape index (κ2) is 7.07. The fourth-order valence-corrected chi connectivity index (χ4v) is 3.22. The first-order valence-electron chi connectivity index (χ1n) is 7.75. The molecule has 20 heavy (non-hydrogen) atoms. The van der Waals surface area contributed by atoms with Gasteiger partial charge in [0.1, 0.15) is 0 Å². The number of piperidine rings is 2. The van der Waals surface area contributed by atoms with Gasteiger partial charge in [0.25, 0.3) is 0 Å². The molecular weight excluding hydrogens is 256 g/mol. The number of nitrogens with zero attached hydrogens (tertiary/aromatic N) is 2. The van der Waals surface area contributed by atoms with E-state index in [1.165, 1.54) is 0 Å². The molecule has 2 saturated heterocycles. The summed E-state index contributed by atoms with van der Waals surface area (Å²) in [6.45, 7) is 5.62. The van der Waals surface area contributed by atoms with Crippen LogP contribution < -0.4 is 0 Å². The third-order valence-electron chi connectivity index (χ3n) is 4.40. The molecule has 0 N–H and O–H groups in total. The molecular formula is C15H26N2O3. The molecule has 5 nitrogen and oxygen atoms in total. The minimum Gasteiger partial charge on any atom is -0.466 e. The van der Waals surface area contributed by atoms with Crippen LogP contribution in [0.2, 0.25) is 0 Å². The summed E-state index contributed by atoms with van der Waals surface area (Å²) in [5.41, 5.74) is 0. The van der Waals surface area contributed by atoms with Gasteiger partial charge in [-0.25, -0.2) is 0 Å². The van der Waals surface area contributed by atoms with Gasteiger partial charge in [0, 0.05) is 19.6 Å². The van der Waals surface area contributed by atoms with Crippen molar-refractivity contribution < 1.29 is 14.3 Å². The maximum atomic E-state index is 12.5. The lowest BCUT2D eigenvalue weighted by atomic mass is 9.93. The second-order valence-electron chi connectivity index (χ2n) is 5.95. The van der Waals surface area contributed by atoms with Crippen LogP contribution in [0.3, 0.4) is 0 Å². The third kappa shape index (κ3) is 3.72. The van der Waals surface area contributed by atoms with Gasteiger partial charge < -0.3 is 14.5 Å². The molecule has 2 fully saturated rings. The molecule has 0 saturated carbocycles. The van der Waals surface area contributed by atoms with Crippen LogP contribution in [0.4, 0.5) is 0 Å². The number of esters is 1. The van der Waals surface area contributed by atoms with E-state index < -0.39 is 0 Å². The topological polar surface area (TPSA) is 49.9 Å². The minimum absolute atomic E-state index is 0.0203. The lowest BCUT2D eigenvalue weighted by Crippen LogP contribution is -2.47. The highest BCUT2D eigenvalue weighted by Crippen LogP contribution is 2.23. The molecule has 0 aromatic heterocycles. The molecule has 0 radical (unpaired) electrons. The van der Waals surface area contributed by atoms with Crippen LogP contribution in [0, 0.1) is 11.8 Å². The van der Waals surface area contributed by atoms with Crippen LogP contribution >= 0.6 is 0 Å². The van der Waals surface area contributed by atoms with Crippen molar-refractivity contribution in [3.8, 4) is 0 Å². The SMILES string of the molecule is CCOC(=O)C1CCN(C(=O)C2CCCN(C)C2)CC1. The highest BCUT2D eigenvalue weighted by atomic mass is 16.5. The van der Waals surface area contributed by atoms with E-state index in [4.69, 9.17) is 4.74 Å². The number of carbonyl (C=O) groups excluding carboxylic acids is 2. The first-order valence-corrected chi connectivity index (χ1v) is 7.75. The summed E-state index contributed by atoms with van der Waals surface area (Å²) < 4.78 is 5.06. The van der Waals surface area contributed by atoms with Gasteiger partial charge in [0.2, 0.25) is 5.91 Å². The van der Waals surface area contributed by atoms with E-state index in [0.29, 0.717) is 19.7 Å². The highest BCUT2D eigenvalue weighted by molar-refractivity contribution is 5.80. The monoisotopic (exact) mass is 282 g/mol. The summed E-state index contributed by atoms with van der Waals surface area (Å²) in [4.78, 5) is 28.3. The lowest BCUT2D eigenvalue weighted by Gasteiger charge is -2.36. The Morgan fingerprint density at radius 1 is 1.10 bits per heavy atom. The second-order valence-corrected chi connectivity index (χ2v) is 5.95. The number of amides is 1. The molecule has 0 aromatic rings. The molecule has 5 heteroatoms. The molecule has 2 aliphatic rings. The van der Waals surface area contributed by atoms with Crippen LogP contribution in [0.5, 0.6) is 0 Å². The molecule has 0 bridgehead atoms. The Balaban J connectivity index is 1.81. The molecule has 2 rings (SSSR count). The normalized spacial score (nSPS) is 25.5. The zero-order valence-electron chi connectivity index (χ0n) is 12.6. The van der Waals surface area contributed by atoms with Crippen LogP contribution in [-0.4, -0.2) is 61.5 Å². The number of hydrogen-bond donors (Lipinski definition) is 0. The van der Waals surface area contributed by atoms with Gasteiger partial charge in [-0.2, -0.15) is 0 Å². The van der Waals surface area contributed by atoms with E-state index in [-0.39, 0.29) is 23.7 Å². The fraction of sp³-hybridized carbons (Fsp3) is 0.867. The number of rotatable bonds is 3. The quantitative estimate of drug-likeness (QED) is 0.728. The molecule has 1 amide bonds. The first-order chi connectivity index (χ1) is 9.61. The molecule has 1 atom stereocenters. The van der Waals surface area contributed by atoms with Crippen LogP contribution in [0.25, 0.3) is 0 Å². The fourth-order valence-electron chi connectivity index (χ4n) is 3.22. The average molecular weight is 282 g/mol. The molecule has 1 unspecified atom stereocenters. The Bertz CT molecular complexity index is 351. The predicted molar refractivity (Wildman–Crippen MR) is 76.2 cm³/mol. The van der Waals surface area contributed by atoms with Gasteiger partial charge in [0.05, 0.1) is 18.4 Å². The maximum Gasteiger partial charge on any atom is 0.309 e. The summed E-state index contributed by atoms with van der Waals surface area (Å²) >= 11 is 0. The molecule has 0 spiro atoms. The van der Waals surface area contributed by atoms with Crippen LogP contribution in [0.1, 0.15) is 32.6 Å². The van der Waals surface area contributed by atoms with E-state index in [1.54, 1.807) is 0 Å². The highest BCUT2D eigenvalue weighted by Gasteiger charge is 2.32.